The first-order valence-corrected chi connectivity index (χ1v) is 11.5. The molecule has 2 aliphatic heterocycles. The number of aromatic nitrogens is 3. The van der Waals surface area contributed by atoms with E-state index in [1.54, 1.807) is 0 Å². The number of carboxylic acids is 2. The summed E-state index contributed by atoms with van der Waals surface area (Å²) in [5.41, 5.74) is 2.30. The quantitative estimate of drug-likeness (QED) is 0.469. The number of ether oxygens (including phenoxy) is 1. The van der Waals surface area contributed by atoms with Crippen LogP contribution < -0.4 is 5.32 Å². The lowest BCUT2D eigenvalue weighted by Gasteiger charge is -2.38. The third-order valence-corrected chi connectivity index (χ3v) is 5.62. The Morgan fingerprint density at radius 3 is 2.21 bits per heavy atom. The van der Waals surface area contributed by atoms with Crippen LogP contribution in [0.4, 0.5) is 32.3 Å². The summed E-state index contributed by atoms with van der Waals surface area (Å²) in [6.07, 6.45) is 0.412. The predicted octanol–water partition coefficient (Wildman–Crippen LogP) is 3.68. The maximum Gasteiger partial charge on any atom is 0.490 e. The van der Waals surface area contributed by atoms with Gasteiger partial charge in [0.1, 0.15) is 0 Å². The number of carboxylic acid groups (broad SMARTS) is 2. The number of hydrogen-bond acceptors (Lipinski definition) is 8. The molecule has 2 aliphatic rings. The fraction of sp³-hybridized carbons (Fsp3) is 0.522. The number of nitrogens with zero attached hydrogens (tertiary/aromatic N) is 4. The Morgan fingerprint density at radius 2 is 1.69 bits per heavy atom. The molecule has 216 valence electrons. The first kappa shape index (κ1) is 31.7. The molecule has 39 heavy (non-hydrogen) atoms. The highest BCUT2D eigenvalue weighted by Crippen LogP contribution is 2.35. The van der Waals surface area contributed by atoms with Gasteiger partial charge in [-0.25, -0.2) is 19.6 Å². The minimum Gasteiger partial charge on any atom is -0.475 e. The Bertz CT molecular complexity index is 1050. The molecule has 0 aromatic carbocycles. The van der Waals surface area contributed by atoms with Gasteiger partial charge in [0.15, 0.2) is 0 Å². The van der Waals surface area contributed by atoms with Gasteiger partial charge in [0.25, 0.3) is 0 Å². The largest absolute Gasteiger partial charge is 0.490 e. The number of anilines is 1. The van der Waals surface area contributed by atoms with E-state index in [4.69, 9.17) is 24.5 Å². The zero-order chi connectivity index (χ0) is 29.3. The summed E-state index contributed by atoms with van der Waals surface area (Å²) in [6.45, 7) is 5.79. The topological polar surface area (TPSA) is 138 Å². The zero-order valence-electron chi connectivity index (χ0n) is 20.7. The number of pyridine rings is 1. The van der Waals surface area contributed by atoms with Crippen molar-refractivity contribution >= 4 is 17.9 Å². The zero-order valence-corrected chi connectivity index (χ0v) is 20.7. The highest BCUT2D eigenvalue weighted by Gasteiger charge is 2.43. The fourth-order valence-electron chi connectivity index (χ4n) is 3.90. The molecule has 0 bridgehead atoms. The summed E-state index contributed by atoms with van der Waals surface area (Å²) in [7, 11) is 0. The van der Waals surface area contributed by atoms with Gasteiger partial charge in [0, 0.05) is 57.1 Å². The maximum absolute atomic E-state index is 10.6. The number of aliphatic carboxylic acids is 2. The summed E-state index contributed by atoms with van der Waals surface area (Å²) in [5.74, 6) is -4.79. The number of aryl methyl sites for hydroxylation is 1. The predicted molar refractivity (Wildman–Crippen MR) is 124 cm³/mol. The number of halogens is 6. The van der Waals surface area contributed by atoms with E-state index in [-0.39, 0.29) is 5.60 Å². The highest BCUT2D eigenvalue weighted by atomic mass is 19.4. The molecule has 2 aromatic heterocycles. The summed E-state index contributed by atoms with van der Waals surface area (Å²) in [4.78, 5) is 33.2. The third-order valence-electron chi connectivity index (χ3n) is 5.62. The lowest BCUT2D eigenvalue weighted by Crippen LogP contribution is -2.46. The van der Waals surface area contributed by atoms with Crippen LogP contribution in [0.25, 0.3) is 0 Å². The lowest BCUT2D eigenvalue weighted by atomic mass is 9.89. The van der Waals surface area contributed by atoms with Gasteiger partial charge in [-0.2, -0.15) is 26.3 Å². The van der Waals surface area contributed by atoms with Gasteiger partial charge in [-0.15, -0.1) is 0 Å². The van der Waals surface area contributed by atoms with Crippen molar-refractivity contribution in [2.75, 3.05) is 25.0 Å². The van der Waals surface area contributed by atoms with Crippen molar-refractivity contribution < 1.29 is 50.9 Å². The van der Waals surface area contributed by atoms with Crippen LogP contribution >= 0.6 is 0 Å². The molecule has 4 rings (SSSR count). The van der Waals surface area contributed by atoms with E-state index in [1.165, 1.54) is 5.56 Å². The minimum atomic E-state index is -5.08. The van der Waals surface area contributed by atoms with E-state index in [0.29, 0.717) is 6.04 Å². The normalized spacial score (nSPS) is 21.3. The van der Waals surface area contributed by atoms with E-state index in [1.807, 2.05) is 37.8 Å². The summed E-state index contributed by atoms with van der Waals surface area (Å²) in [5, 5.41) is 17.7. The van der Waals surface area contributed by atoms with Crippen LogP contribution in [0.2, 0.25) is 0 Å². The van der Waals surface area contributed by atoms with Crippen molar-refractivity contribution in [1.29, 1.82) is 0 Å². The Morgan fingerprint density at radius 1 is 1.10 bits per heavy atom. The van der Waals surface area contributed by atoms with Crippen molar-refractivity contribution in [3.05, 3.63) is 48.0 Å². The van der Waals surface area contributed by atoms with Gasteiger partial charge in [-0.05, 0) is 43.4 Å². The second-order valence-corrected chi connectivity index (χ2v) is 8.88. The Hall–Kier alpha value is -3.53. The Labute approximate surface area is 219 Å². The van der Waals surface area contributed by atoms with Crippen LogP contribution in [-0.2, 0) is 20.9 Å². The van der Waals surface area contributed by atoms with E-state index in [9.17, 15) is 26.3 Å². The van der Waals surface area contributed by atoms with Crippen LogP contribution in [0.5, 0.6) is 0 Å². The Balaban J connectivity index is 0.000000317. The first-order valence-electron chi connectivity index (χ1n) is 11.5. The van der Waals surface area contributed by atoms with Crippen molar-refractivity contribution in [1.82, 2.24) is 19.9 Å². The van der Waals surface area contributed by atoms with Crippen molar-refractivity contribution in [3.8, 4) is 0 Å². The lowest BCUT2D eigenvalue weighted by molar-refractivity contribution is -0.193. The molecular weight excluding hydrogens is 540 g/mol. The van der Waals surface area contributed by atoms with Gasteiger partial charge < -0.3 is 20.3 Å². The number of rotatable bonds is 4. The molecule has 3 N–H and O–H groups in total. The standard InChI is InChI=1S/C19H25N5O.2C2HF3O2/c1-15-10-21-18(22-11-15)23-17-4-8-25-19(9-17)5-7-24(14-19)13-16-3-2-6-20-12-16;2*3-2(4,5)1(6)7/h2-3,6,10-12,17H,4-5,7-9,13-14H2,1H3,(H,21,22,23);2*(H,6,7)/t17-,19-;;/m1../s1. The average molecular weight is 567 g/mol. The second kappa shape index (κ2) is 13.5. The van der Waals surface area contributed by atoms with Crippen molar-refractivity contribution in [2.45, 2.75) is 56.7 Å². The van der Waals surface area contributed by atoms with Gasteiger partial charge in [0.05, 0.1) is 5.60 Å². The highest BCUT2D eigenvalue weighted by molar-refractivity contribution is 5.73. The molecule has 2 fully saturated rings. The van der Waals surface area contributed by atoms with Crippen LogP contribution in [0.3, 0.4) is 0 Å². The van der Waals surface area contributed by atoms with E-state index in [0.717, 1.165) is 57.0 Å². The van der Waals surface area contributed by atoms with Crippen molar-refractivity contribution in [3.63, 3.8) is 0 Å². The fourth-order valence-corrected chi connectivity index (χ4v) is 3.90. The van der Waals surface area contributed by atoms with Crippen molar-refractivity contribution in [2.24, 2.45) is 0 Å². The SMILES string of the molecule is Cc1cnc(N[C@@H]2CCO[C@]3(CCN(Cc4cccnc4)C3)C2)nc1.O=C(O)C(F)(F)F.O=C(O)C(F)(F)F. The Kier molecular flexibility index (Phi) is 11.0. The molecule has 2 atom stereocenters. The van der Waals surface area contributed by atoms with Gasteiger partial charge in [-0.3, -0.25) is 9.88 Å². The summed E-state index contributed by atoms with van der Waals surface area (Å²) < 4.78 is 69.7. The molecule has 10 nitrogen and oxygen atoms in total. The number of likely N-dealkylation sites (tertiary alicyclic amines) is 1. The second-order valence-electron chi connectivity index (χ2n) is 8.88. The van der Waals surface area contributed by atoms with E-state index < -0.39 is 24.3 Å². The van der Waals surface area contributed by atoms with Gasteiger partial charge in [-0.1, -0.05) is 6.07 Å². The molecule has 0 unspecified atom stereocenters. The molecule has 1 spiro atoms. The molecule has 0 amide bonds. The van der Waals surface area contributed by atoms with Crippen LogP contribution in [0, 0.1) is 6.92 Å². The molecule has 0 aliphatic carbocycles. The molecule has 2 aromatic rings. The summed E-state index contributed by atoms with van der Waals surface area (Å²) >= 11 is 0. The molecule has 4 heterocycles. The molecule has 16 heteroatoms. The number of nitrogens with one attached hydrogen (secondary N) is 1. The number of hydrogen-bond donors (Lipinski definition) is 3. The van der Waals surface area contributed by atoms with Crippen LogP contribution in [-0.4, -0.2) is 85.7 Å². The van der Waals surface area contributed by atoms with E-state index >= 15 is 0 Å². The van der Waals surface area contributed by atoms with Gasteiger partial charge >= 0.3 is 24.3 Å². The molecule has 2 saturated heterocycles. The maximum atomic E-state index is 10.6. The third kappa shape index (κ3) is 11.0. The minimum absolute atomic E-state index is 0.0389. The number of carbonyl (C=O) groups is 2. The smallest absolute Gasteiger partial charge is 0.475 e. The monoisotopic (exact) mass is 567 g/mol. The van der Waals surface area contributed by atoms with Crippen LogP contribution in [0.15, 0.2) is 36.9 Å². The average Bonchev–Trinajstić information content (AvgIpc) is 3.22. The summed E-state index contributed by atoms with van der Waals surface area (Å²) in [6, 6.07) is 4.51. The molecule has 0 saturated carbocycles. The van der Waals surface area contributed by atoms with E-state index in [2.05, 4.69) is 31.2 Å². The van der Waals surface area contributed by atoms with Gasteiger partial charge in [0.2, 0.25) is 5.95 Å². The molecule has 0 radical (unpaired) electrons. The van der Waals surface area contributed by atoms with Crippen LogP contribution in [0.1, 0.15) is 30.4 Å². The number of alkyl halides is 6. The first-order chi connectivity index (χ1) is 18.1. The molecular formula is C23H27F6N5O5.